The molecule has 0 aliphatic rings. The molecule has 0 bridgehead atoms. The van der Waals surface area contributed by atoms with E-state index in [0.29, 0.717) is 0 Å². The predicted molar refractivity (Wildman–Crippen MR) is 58.3 cm³/mol. The number of sulfone groups is 1. The Morgan fingerprint density at radius 2 is 2.00 bits per heavy atom. The Bertz CT molecular complexity index is 435. The zero-order valence-electron chi connectivity index (χ0n) is 7.77. The molecule has 0 saturated carbocycles. The highest BCUT2D eigenvalue weighted by atomic mass is 35.5. The van der Waals surface area contributed by atoms with Crippen LogP contribution in [-0.4, -0.2) is 14.2 Å². The summed E-state index contributed by atoms with van der Waals surface area (Å²) in [5.74, 6) is -0.00671. The summed E-state index contributed by atoms with van der Waals surface area (Å²) in [6.07, 6.45) is 3.30. The van der Waals surface area contributed by atoms with Gasteiger partial charge in [-0.15, -0.1) is 0 Å². The van der Waals surface area contributed by atoms with Crippen LogP contribution in [0.15, 0.2) is 41.3 Å². The van der Waals surface area contributed by atoms with Gasteiger partial charge in [0.1, 0.15) is 0 Å². The second-order valence-corrected chi connectivity index (χ2v) is 5.19. The van der Waals surface area contributed by atoms with Crippen LogP contribution in [-0.2, 0) is 9.84 Å². The van der Waals surface area contributed by atoms with Crippen molar-refractivity contribution in [3.05, 3.63) is 41.4 Å². The number of hydrogen-bond acceptors (Lipinski definition) is 2. The molecule has 0 heterocycles. The molecule has 0 aliphatic carbocycles. The first kappa shape index (κ1) is 11.3. The molecule has 2 nitrogen and oxygen atoms in total. The lowest BCUT2D eigenvalue weighted by Crippen LogP contribution is -2.05. The lowest BCUT2D eigenvalue weighted by Gasteiger charge is -2.02. The van der Waals surface area contributed by atoms with Crippen LogP contribution in [0.3, 0.4) is 0 Å². The quantitative estimate of drug-likeness (QED) is 0.749. The van der Waals surface area contributed by atoms with Gasteiger partial charge in [0.05, 0.1) is 15.7 Å². The van der Waals surface area contributed by atoms with Crippen LogP contribution in [0, 0.1) is 0 Å². The van der Waals surface area contributed by atoms with Crippen molar-refractivity contribution in [3.8, 4) is 0 Å². The summed E-state index contributed by atoms with van der Waals surface area (Å²) in [5, 5.41) is 0.275. The van der Waals surface area contributed by atoms with E-state index >= 15 is 0 Å². The van der Waals surface area contributed by atoms with Crippen molar-refractivity contribution in [2.45, 2.75) is 11.8 Å². The fraction of sp³-hybridized carbons (Fsp3) is 0.200. The Labute approximate surface area is 89.1 Å². The summed E-state index contributed by atoms with van der Waals surface area (Å²) in [4.78, 5) is 0.194. The molecular weight excluding hydrogens is 220 g/mol. The molecule has 0 fully saturated rings. The lowest BCUT2D eigenvalue weighted by atomic mass is 10.4. The third kappa shape index (κ3) is 2.59. The first-order valence-electron chi connectivity index (χ1n) is 4.16. The highest BCUT2D eigenvalue weighted by molar-refractivity contribution is 7.91. The molecule has 0 N–H and O–H groups in total. The van der Waals surface area contributed by atoms with Crippen molar-refractivity contribution in [3.63, 3.8) is 0 Å². The average molecular weight is 231 g/mol. The molecule has 0 radical (unpaired) electrons. The highest BCUT2D eigenvalue weighted by Gasteiger charge is 2.15. The third-order valence-electron chi connectivity index (χ3n) is 1.72. The van der Waals surface area contributed by atoms with Crippen molar-refractivity contribution in [2.24, 2.45) is 0 Å². The Morgan fingerprint density at radius 3 is 2.57 bits per heavy atom. The fourth-order valence-corrected chi connectivity index (χ4v) is 2.77. The number of allylic oxidation sites excluding steroid dienone is 1. The monoisotopic (exact) mass is 230 g/mol. The standard InChI is InChI=1S/C10H11ClO2S/c1-2-3-8-14(12,13)10-7-5-4-6-9(10)11/h2-7H,8H2,1H3/b3-2+. The van der Waals surface area contributed by atoms with Crippen LogP contribution in [0.1, 0.15) is 6.92 Å². The highest BCUT2D eigenvalue weighted by Crippen LogP contribution is 2.21. The van der Waals surface area contributed by atoms with E-state index in [1.54, 1.807) is 37.3 Å². The maximum absolute atomic E-state index is 11.7. The zero-order valence-corrected chi connectivity index (χ0v) is 9.35. The van der Waals surface area contributed by atoms with E-state index < -0.39 is 9.84 Å². The molecular formula is C10H11ClO2S. The molecule has 4 heteroatoms. The molecule has 0 aliphatic heterocycles. The first-order chi connectivity index (χ1) is 6.58. The molecule has 76 valence electrons. The van der Waals surface area contributed by atoms with Gasteiger partial charge in [0.2, 0.25) is 0 Å². The van der Waals surface area contributed by atoms with Gasteiger partial charge in [-0.2, -0.15) is 0 Å². The smallest absolute Gasteiger partial charge is 0.183 e. The van der Waals surface area contributed by atoms with E-state index in [9.17, 15) is 8.42 Å². The van der Waals surface area contributed by atoms with Crippen molar-refractivity contribution >= 4 is 21.4 Å². The SMILES string of the molecule is C/C=C/CS(=O)(=O)c1ccccc1Cl. The van der Waals surface area contributed by atoms with Crippen molar-refractivity contribution < 1.29 is 8.42 Å². The molecule has 0 amide bonds. The van der Waals surface area contributed by atoms with E-state index in [4.69, 9.17) is 11.6 Å². The van der Waals surface area contributed by atoms with Gasteiger partial charge in [0.25, 0.3) is 0 Å². The molecule has 0 atom stereocenters. The second-order valence-electron chi connectivity index (χ2n) is 2.78. The summed E-state index contributed by atoms with van der Waals surface area (Å²) >= 11 is 5.78. The van der Waals surface area contributed by atoms with Crippen LogP contribution in [0.4, 0.5) is 0 Å². The molecule has 1 aromatic carbocycles. The summed E-state index contributed by atoms with van der Waals surface area (Å²) < 4.78 is 23.4. The Balaban J connectivity index is 3.11. The lowest BCUT2D eigenvalue weighted by molar-refractivity contribution is 0.599. The van der Waals surface area contributed by atoms with Crippen LogP contribution >= 0.6 is 11.6 Å². The minimum Gasteiger partial charge on any atom is -0.223 e. The summed E-state index contributed by atoms with van der Waals surface area (Å²) in [6.45, 7) is 1.78. The van der Waals surface area contributed by atoms with E-state index in [-0.39, 0.29) is 15.7 Å². The van der Waals surface area contributed by atoms with E-state index in [1.807, 2.05) is 0 Å². The minimum atomic E-state index is -3.27. The van der Waals surface area contributed by atoms with Crippen molar-refractivity contribution in [1.82, 2.24) is 0 Å². The molecule has 0 spiro atoms. The van der Waals surface area contributed by atoms with Gasteiger partial charge >= 0.3 is 0 Å². The molecule has 0 unspecified atom stereocenters. The fourth-order valence-electron chi connectivity index (χ4n) is 1.01. The molecule has 14 heavy (non-hydrogen) atoms. The van der Waals surface area contributed by atoms with Crippen LogP contribution in [0.25, 0.3) is 0 Å². The Morgan fingerprint density at radius 1 is 1.36 bits per heavy atom. The first-order valence-corrected chi connectivity index (χ1v) is 6.19. The topological polar surface area (TPSA) is 34.1 Å². The van der Waals surface area contributed by atoms with Gasteiger partial charge < -0.3 is 0 Å². The number of halogens is 1. The average Bonchev–Trinajstić information content (AvgIpc) is 2.15. The van der Waals surface area contributed by atoms with Gasteiger partial charge in [-0.3, -0.25) is 0 Å². The largest absolute Gasteiger partial charge is 0.223 e. The van der Waals surface area contributed by atoms with E-state index in [2.05, 4.69) is 0 Å². The second kappa shape index (κ2) is 4.62. The van der Waals surface area contributed by atoms with E-state index in [1.165, 1.54) is 6.07 Å². The van der Waals surface area contributed by atoms with Gasteiger partial charge in [-0.25, -0.2) is 8.42 Å². The summed E-state index contributed by atoms with van der Waals surface area (Å²) in [5.41, 5.74) is 0. The zero-order chi connectivity index (χ0) is 10.6. The Kier molecular flexibility index (Phi) is 3.72. The van der Waals surface area contributed by atoms with Crippen LogP contribution in [0.5, 0.6) is 0 Å². The molecule has 0 saturated heterocycles. The van der Waals surface area contributed by atoms with Gasteiger partial charge in [0, 0.05) is 0 Å². The number of benzene rings is 1. The van der Waals surface area contributed by atoms with Crippen LogP contribution < -0.4 is 0 Å². The number of rotatable bonds is 3. The Hall–Kier alpha value is -0.800. The van der Waals surface area contributed by atoms with Crippen LogP contribution in [0.2, 0.25) is 5.02 Å². The molecule has 1 aromatic rings. The van der Waals surface area contributed by atoms with Gasteiger partial charge in [-0.05, 0) is 19.1 Å². The molecule has 1 rings (SSSR count). The normalized spacial score (nSPS) is 12.1. The maximum Gasteiger partial charge on any atom is 0.183 e. The van der Waals surface area contributed by atoms with Crippen molar-refractivity contribution in [2.75, 3.05) is 5.75 Å². The van der Waals surface area contributed by atoms with E-state index in [0.717, 1.165) is 0 Å². The molecule has 0 aromatic heterocycles. The summed E-state index contributed by atoms with van der Waals surface area (Å²) in [7, 11) is -3.27. The minimum absolute atomic E-state index is 0.00671. The van der Waals surface area contributed by atoms with Gasteiger partial charge in [0.15, 0.2) is 9.84 Å². The maximum atomic E-state index is 11.7. The van der Waals surface area contributed by atoms with Gasteiger partial charge in [-0.1, -0.05) is 35.9 Å². The number of hydrogen-bond donors (Lipinski definition) is 0. The predicted octanol–water partition coefficient (Wildman–Crippen LogP) is 2.69. The third-order valence-corrected chi connectivity index (χ3v) is 3.82. The summed E-state index contributed by atoms with van der Waals surface area (Å²) in [6, 6.07) is 6.46. The van der Waals surface area contributed by atoms with Crippen molar-refractivity contribution in [1.29, 1.82) is 0 Å².